The predicted molar refractivity (Wildman–Crippen MR) is 111 cm³/mol. The maximum Gasteiger partial charge on any atom is 0.166 e. The van der Waals surface area contributed by atoms with Crippen LogP contribution in [0.25, 0.3) is 0 Å². The van der Waals surface area contributed by atoms with Crippen LogP contribution in [0.1, 0.15) is 16.7 Å². The minimum Gasteiger partial charge on any atom is -0.493 e. The molecule has 0 aliphatic rings. The highest BCUT2D eigenvalue weighted by Gasteiger charge is 2.12. The van der Waals surface area contributed by atoms with Gasteiger partial charge in [-0.25, -0.2) is 0 Å². The normalized spacial score (nSPS) is 10.6. The van der Waals surface area contributed by atoms with Gasteiger partial charge in [-0.15, -0.1) is 0 Å². The minimum absolute atomic E-state index is 0.335. The van der Waals surface area contributed by atoms with Crippen LogP contribution >= 0.6 is 23.2 Å². The highest BCUT2D eigenvalue weighted by atomic mass is 35.5. The second kappa shape index (κ2) is 9.65. The molecule has 0 bridgehead atoms. The summed E-state index contributed by atoms with van der Waals surface area (Å²) < 4.78 is 11.6. The summed E-state index contributed by atoms with van der Waals surface area (Å²) in [6, 6.07) is 21.5. The first-order valence-electron chi connectivity index (χ1n) is 8.64. The summed E-state index contributed by atoms with van der Waals surface area (Å²) >= 11 is 12.2. The zero-order valence-electron chi connectivity index (χ0n) is 15.0. The molecule has 0 spiro atoms. The monoisotopic (exact) mass is 401 g/mol. The fraction of sp³-hybridized carbons (Fsp3) is 0.182. The van der Waals surface area contributed by atoms with E-state index in [0.29, 0.717) is 34.7 Å². The third kappa shape index (κ3) is 5.39. The molecule has 0 unspecified atom stereocenters. The van der Waals surface area contributed by atoms with Gasteiger partial charge in [0.2, 0.25) is 0 Å². The molecule has 3 aromatic rings. The molecule has 0 amide bonds. The SMILES string of the molecule is COc1cccc(CNCc2ccccc2)c1OCc1ccc(Cl)cc1Cl. The van der Waals surface area contributed by atoms with E-state index in [1.165, 1.54) is 5.56 Å². The van der Waals surface area contributed by atoms with Crippen LogP contribution in [-0.2, 0) is 19.7 Å². The number of benzene rings is 3. The molecule has 0 aromatic heterocycles. The molecule has 27 heavy (non-hydrogen) atoms. The number of methoxy groups -OCH3 is 1. The minimum atomic E-state index is 0.335. The van der Waals surface area contributed by atoms with Crippen LogP contribution < -0.4 is 14.8 Å². The van der Waals surface area contributed by atoms with Crippen molar-refractivity contribution in [3.05, 3.63) is 93.5 Å². The number of halogens is 2. The number of ether oxygens (including phenoxy) is 2. The van der Waals surface area contributed by atoms with Gasteiger partial charge in [0.05, 0.1) is 7.11 Å². The number of hydrogen-bond donors (Lipinski definition) is 1. The Morgan fingerprint density at radius 1 is 0.852 bits per heavy atom. The van der Waals surface area contributed by atoms with Gasteiger partial charge in [0.25, 0.3) is 0 Å². The molecule has 0 atom stereocenters. The fourth-order valence-electron chi connectivity index (χ4n) is 2.75. The van der Waals surface area contributed by atoms with E-state index < -0.39 is 0 Å². The summed E-state index contributed by atoms with van der Waals surface area (Å²) in [7, 11) is 1.64. The topological polar surface area (TPSA) is 30.5 Å². The van der Waals surface area contributed by atoms with Crippen LogP contribution in [0, 0.1) is 0 Å². The van der Waals surface area contributed by atoms with Gasteiger partial charge in [0.1, 0.15) is 6.61 Å². The molecular formula is C22H21Cl2NO2. The summed E-state index contributed by atoms with van der Waals surface area (Å²) in [6.07, 6.45) is 0. The highest BCUT2D eigenvalue weighted by molar-refractivity contribution is 6.35. The molecule has 0 heterocycles. The largest absolute Gasteiger partial charge is 0.493 e. The van der Waals surface area contributed by atoms with Crippen molar-refractivity contribution in [3.8, 4) is 11.5 Å². The van der Waals surface area contributed by atoms with E-state index in [0.717, 1.165) is 17.7 Å². The summed E-state index contributed by atoms with van der Waals surface area (Å²) in [6.45, 7) is 1.78. The molecule has 3 nitrogen and oxygen atoms in total. The van der Waals surface area contributed by atoms with Gasteiger partial charge < -0.3 is 14.8 Å². The van der Waals surface area contributed by atoms with Gasteiger partial charge in [0, 0.05) is 34.3 Å². The first-order chi connectivity index (χ1) is 13.2. The standard InChI is InChI=1S/C22H21Cl2NO2/c1-26-21-9-5-8-17(14-25-13-16-6-3-2-4-7-16)22(21)27-15-18-10-11-19(23)12-20(18)24/h2-12,25H,13-15H2,1H3. The van der Waals surface area contributed by atoms with Crippen LogP contribution in [0.5, 0.6) is 11.5 Å². The Hall–Kier alpha value is -2.20. The quantitative estimate of drug-likeness (QED) is 0.511. The van der Waals surface area contributed by atoms with Gasteiger partial charge in [0.15, 0.2) is 11.5 Å². The molecule has 0 radical (unpaired) electrons. The molecule has 0 fully saturated rings. The van der Waals surface area contributed by atoms with E-state index in [-0.39, 0.29) is 0 Å². The van der Waals surface area contributed by atoms with Crippen molar-refractivity contribution in [2.75, 3.05) is 7.11 Å². The summed E-state index contributed by atoms with van der Waals surface area (Å²) in [5.74, 6) is 1.41. The number of rotatable bonds is 8. The molecule has 0 aliphatic heterocycles. The molecule has 3 aromatic carbocycles. The third-order valence-corrected chi connectivity index (χ3v) is 4.74. The Balaban J connectivity index is 1.71. The van der Waals surface area contributed by atoms with Crippen molar-refractivity contribution in [1.29, 1.82) is 0 Å². The molecular weight excluding hydrogens is 381 g/mol. The smallest absolute Gasteiger partial charge is 0.166 e. The summed E-state index contributed by atoms with van der Waals surface area (Å²) in [5.41, 5.74) is 3.13. The van der Waals surface area contributed by atoms with Crippen LogP contribution in [0.3, 0.4) is 0 Å². The lowest BCUT2D eigenvalue weighted by Gasteiger charge is -2.16. The van der Waals surface area contributed by atoms with Crippen molar-refractivity contribution in [2.45, 2.75) is 19.7 Å². The first-order valence-corrected chi connectivity index (χ1v) is 9.40. The van der Waals surface area contributed by atoms with Crippen molar-refractivity contribution >= 4 is 23.2 Å². The van der Waals surface area contributed by atoms with Gasteiger partial charge in [-0.05, 0) is 23.8 Å². The molecule has 0 saturated carbocycles. The van der Waals surface area contributed by atoms with Gasteiger partial charge >= 0.3 is 0 Å². The third-order valence-electron chi connectivity index (χ3n) is 4.15. The number of hydrogen-bond acceptors (Lipinski definition) is 3. The number of para-hydroxylation sites is 1. The lowest BCUT2D eigenvalue weighted by atomic mass is 10.1. The van der Waals surface area contributed by atoms with Crippen LogP contribution in [0.4, 0.5) is 0 Å². The lowest BCUT2D eigenvalue weighted by molar-refractivity contribution is 0.280. The second-order valence-electron chi connectivity index (χ2n) is 6.06. The summed E-state index contributed by atoms with van der Waals surface area (Å²) in [4.78, 5) is 0. The van der Waals surface area contributed by atoms with E-state index in [2.05, 4.69) is 17.4 Å². The van der Waals surface area contributed by atoms with Crippen molar-refractivity contribution in [1.82, 2.24) is 5.32 Å². The van der Waals surface area contributed by atoms with Crippen molar-refractivity contribution in [2.24, 2.45) is 0 Å². The molecule has 5 heteroatoms. The Labute approximate surface area is 169 Å². The first kappa shape index (κ1) is 19.6. The number of nitrogens with one attached hydrogen (secondary N) is 1. The van der Waals surface area contributed by atoms with Gasteiger partial charge in [-0.3, -0.25) is 0 Å². The maximum absolute atomic E-state index is 6.25. The van der Waals surface area contributed by atoms with E-state index in [9.17, 15) is 0 Å². The van der Waals surface area contributed by atoms with Crippen LogP contribution in [0.15, 0.2) is 66.7 Å². The van der Waals surface area contributed by atoms with E-state index >= 15 is 0 Å². The van der Waals surface area contributed by atoms with Gasteiger partial charge in [-0.1, -0.05) is 71.7 Å². The summed E-state index contributed by atoms with van der Waals surface area (Å²) in [5, 5.41) is 4.64. The fourth-order valence-corrected chi connectivity index (χ4v) is 3.21. The molecule has 0 aliphatic carbocycles. The van der Waals surface area contributed by atoms with Crippen molar-refractivity contribution < 1.29 is 9.47 Å². The van der Waals surface area contributed by atoms with Gasteiger partial charge in [-0.2, -0.15) is 0 Å². The molecule has 1 N–H and O–H groups in total. The van der Waals surface area contributed by atoms with Crippen LogP contribution in [-0.4, -0.2) is 7.11 Å². The van der Waals surface area contributed by atoms with Crippen LogP contribution in [0.2, 0.25) is 10.0 Å². The lowest BCUT2D eigenvalue weighted by Crippen LogP contribution is -2.14. The van der Waals surface area contributed by atoms with E-state index in [1.807, 2.05) is 42.5 Å². The average molecular weight is 402 g/mol. The van der Waals surface area contributed by atoms with E-state index in [1.54, 1.807) is 19.2 Å². The Morgan fingerprint density at radius 2 is 1.67 bits per heavy atom. The predicted octanol–water partition coefficient (Wildman–Crippen LogP) is 5.87. The molecule has 140 valence electrons. The molecule has 0 saturated heterocycles. The Bertz CT molecular complexity index is 885. The van der Waals surface area contributed by atoms with Crippen molar-refractivity contribution in [3.63, 3.8) is 0 Å². The molecule has 3 rings (SSSR count). The zero-order valence-corrected chi connectivity index (χ0v) is 16.6. The Kier molecular flexibility index (Phi) is 6.99. The average Bonchev–Trinajstić information content (AvgIpc) is 2.68. The zero-order chi connectivity index (χ0) is 19.1. The maximum atomic E-state index is 6.25. The highest BCUT2D eigenvalue weighted by Crippen LogP contribution is 2.32. The second-order valence-corrected chi connectivity index (χ2v) is 6.91. The Morgan fingerprint density at radius 3 is 2.41 bits per heavy atom. The van der Waals surface area contributed by atoms with E-state index in [4.69, 9.17) is 32.7 Å².